The summed E-state index contributed by atoms with van der Waals surface area (Å²) >= 11 is 0. The Labute approximate surface area is 109 Å². The van der Waals surface area contributed by atoms with Crippen LogP contribution in [-0.2, 0) is 11.2 Å². The lowest BCUT2D eigenvalue weighted by Gasteiger charge is -2.21. The summed E-state index contributed by atoms with van der Waals surface area (Å²) in [6.45, 7) is 4.22. The van der Waals surface area contributed by atoms with E-state index in [2.05, 4.69) is 29.7 Å². The van der Waals surface area contributed by atoms with Crippen LogP contribution in [0.2, 0.25) is 0 Å². The molecule has 98 valence electrons. The molecule has 1 heterocycles. The molecule has 1 aliphatic heterocycles. The van der Waals surface area contributed by atoms with Crippen molar-refractivity contribution in [1.82, 2.24) is 5.32 Å². The van der Waals surface area contributed by atoms with Crippen LogP contribution in [0.3, 0.4) is 0 Å². The second-order valence-corrected chi connectivity index (χ2v) is 5.00. The van der Waals surface area contributed by atoms with E-state index >= 15 is 0 Å². The van der Waals surface area contributed by atoms with Crippen LogP contribution in [0, 0.1) is 5.92 Å². The topological polar surface area (TPSA) is 41.1 Å². The molecular formula is C15H22N2O. The smallest absolute Gasteiger partial charge is 0.224 e. The third kappa shape index (κ3) is 3.84. The van der Waals surface area contributed by atoms with E-state index in [0.717, 1.165) is 38.0 Å². The van der Waals surface area contributed by atoms with Crippen molar-refractivity contribution in [3.63, 3.8) is 0 Å². The predicted molar refractivity (Wildman–Crippen MR) is 74.7 cm³/mol. The fraction of sp³-hybridized carbons (Fsp3) is 0.533. The number of hydrogen-bond donors (Lipinski definition) is 2. The van der Waals surface area contributed by atoms with E-state index in [1.165, 1.54) is 5.56 Å². The summed E-state index contributed by atoms with van der Waals surface area (Å²) in [5, 5.41) is 6.30. The molecule has 1 amide bonds. The molecule has 2 N–H and O–H groups in total. The van der Waals surface area contributed by atoms with Crippen molar-refractivity contribution in [3.05, 3.63) is 29.8 Å². The molecule has 18 heavy (non-hydrogen) atoms. The maximum Gasteiger partial charge on any atom is 0.224 e. The van der Waals surface area contributed by atoms with Crippen LogP contribution < -0.4 is 10.6 Å². The van der Waals surface area contributed by atoms with Gasteiger partial charge in [0, 0.05) is 12.1 Å². The van der Waals surface area contributed by atoms with E-state index in [4.69, 9.17) is 0 Å². The van der Waals surface area contributed by atoms with Crippen LogP contribution >= 0.6 is 0 Å². The normalized spacial score (nSPS) is 16.5. The Morgan fingerprint density at radius 3 is 2.56 bits per heavy atom. The van der Waals surface area contributed by atoms with E-state index in [1.54, 1.807) is 0 Å². The maximum atomic E-state index is 11.9. The van der Waals surface area contributed by atoms with Crippen molar-refractivity contribution in [2.75, 3.05) is 18.4 Å². The largest absolute Gasteiger partial charge is 0.326 e. The zero-order valence-corrected chi connectivity index (χ0v) is 11.0. The molecule has 1 aromatic carbocycles. The first kappa shape index (κ1) is 13.1. The van der Waals surface area contributed by atoms with Gasteiger partial charge in [0.25, 0.3) is 0 Å². The Kier molecular flexibility index (Phi) is 4.76. The lowest BCUT2D eigenvalue weighted by molar-refractivity contribution is -0.117. The molecule has 1 aromatic rings. The number of carbonyl (C=O) groups excluding carboxylic acids is 1. The van der Waals surface area contributed by atoms with Gasteiger partial charge in [0.15, 0.2) is 0 Å². The van der Waals surface area contributed by atoms with Gasteiger partial charge < -0.3 is 10.6 Å². The Hall–Kier alpha value is -1.35. The first-order chi connectivity index (χ1) is 8.78. The van der Waals surface area contributed by atoms with Gasteiger partial charge in [-0.1, -0.05) is 19.1 Å². The molecule has 0 bridgehead atoms. The number of benzene rings is 1. The van der Waals surface area contributed by atoms with Gasteiger partial charge in [-0.15, -0.1) is 0 Å². The monoisotopic (exact) mass is 246 g/mol. The van der Waals surface area contributed by atoms with E-state index < -0.39 is 0 Å². The number of aryl methyl sites for hydroxylation is 1. The molecule has 2 rings (SSSR count). The van der Waals surface area contributed by atoms with Crippen LogP contribution in [0.15, 0.2) is 24.3 Å². The molecule has 1 saturated heterocycles. The number of anilines is 1. The van der Waals surface area contributed by atoms with Crippen molar-refractivity contribution in [2.45, 2.75) is 32.6 Å². The summed E-state index contributed by atoms with van der Waals surface area (Å²) in [6, 6.07) is 8.11. The van der Waals surface area contributed by atoms with Crippen molar-refractivity contribution in [2.24, 2.45) is 5.92 Å². The van der Waals surface area contributed by atoms with E-state index in [0.29, 0.717) is 12.3 Å². The third-order valence-corrected chi connectivity index (χ3v) is 3.58. The summed E-state index contributed by atoms with van der Waals surface area (Å²) in [4.78, 5) is 11.9. The van der Waals surface area contributed by atoms with Crippen LogP contribution in [-0.4, -0.2) is 19.0 Å². The molecule has 0 radical (unpaired) electrons. The fourth-order valence-electron chi connectivity index (χ4n) is 2.38. The molecular weight excluding hydrogens is 224 g/mol. The Morgan fingerprint density at radius 2 is 1.94 bits per heavy atom. The van der Waals surface area contributed by atoms with Crippen molar-refractivity contribution in [1.29, 1.82) is 0 Å². The molecule has 3 nitrogen and oxygen atoms in total. The Morgan fingerprint density at radius 1 is 1.28 bits per heavy atom. The summed E-state index contributed by atoms with van der Waals surface area (Å²) in [7, 11) is 0. The molecule has 0 unspecified atom stereocenters. The molecule has 0 aliphatic carbocycles. The first-order valence-electron chi connectivity index (χ1n) is 6.87. The molecule has 1 aliphatic rings. The van der Waals surface area contributed by atoms with Crippen LogP contribution in [0.5, 0.6) is 0 Å². The van der Waals surface area contributed by atoms with Crippen LogP contribution in [0.4, 0.5) is 5.69 Å². The number of carbonyl (C=O) groups is 1. The van der Waals surface area contributed by atoms with Crippen molar-refractivity contribution < 1.29 is 4.79 Å². The molecule has 0 atom stereocenters. The minimum Gasteiger partial charge on any atom is -0.326 e. The van der Waals surface area contributed by atoms with Crippen molar-refractivity contribution >= 4 is 11.6 Å². The van der Waals surface area contributed by atoms with Gasteiger partial charge in [-0.25, -0.2) is 0 Å². The van der Waals surface area contributed by atoms with Gasteiger partial charge in [-0.2, -0.15) is 0 Å². The van der Waals surface area contributed by atoms with E-state index in [9.17, 15) is 4.79 Å². The number of rotatable bonds is 4. The molecule has 0 aromatic heterocycles. The summed E-state index contributed by atoms with van der Waals surface area (Å²) in [6.07, 6.45) is 3.91. The summed E-state index contributed by atoms with van der Waals surface area (Å²) < 4.78 is 0. The van der Waals surface area contributed by atoms with Gasteiger partial charge >= 0.3 is 0 Å². The quantitative estimate of drug-likeness (QED) is 0.857. The average molecular weight is 246 g/mol. The zero-order chi connectivity index (χ0) is 12.8. The number of hydrogen-bond acceptors (Lipinski definition) is 2. The van der Waals surface area contributed by atoms with Crippen LogP contribution in [0.25, 0.3) is 0 Å². The average Bonchev–Trinajstić information content (AvgIpc) is 2.40. The maximum absolute atomic E-state index is 11.9. The SMILES string of the molecule is CCc1ccc(NC(=O)CC2CCNCC2)cc1. The highest BCUT2D eigenvalue weighted by Gasteiger charge is 2.16. The molecule has 3 heteroatoms. The zero-order valence-electron chi connectivity index (χ0n) is 11.0. The van der Waals surface area contributed by atoms with Gasteiger partial charge in [-0.3, -0.25) is 4.79 Å². The number of piperidine rings is 1. The second kappa shape index (κ2) is 6.55. The number of nitrogens with one attached hydrogen (secondary N) is 2. The predicted octanol–water partition coefficient (Wildman–Crippen LogP) is 2.58. The van der Waals surface area contributed by atoms with Crippen LogP contribution in [0.1, 0.15) is 31.7 Å². The Balaban J connectivity index is 1.82. The van der Waals surface area contributed by atoms with Gasteiger partial charge in [0.1, 0.15) is 0 Å². The van der Waals surface area contributed by atoms with E-state index in [-0.39, 0.29) is 5.91 Å². The van der Waals surface area contributed by atoms with Gasteiger partial charge in [0.2, 0.25) is 5.91 Å². The summed E-state index contributed by atoms with van der Waals surface area (Å²) in [5.74, 6) is 0.687. The molecule has 1 fully saturated rings. The lowest BCUT2D eigenvalue weighted by Crippen LogP contribution is -2.30. The van der Waals surface area contributed by atoms with E-state index in [1.807, 2.05) is 12.1 Å². The minimum absolute atomic E-state index is 0.145. The van der Waals surface area contributed by atoms with Crippen molar-refractivity contribution in [3.8, 4) is 0 Å². The lowest BCUT2D eigenvalue weighted by atomic mass is 9.94. The highest BCUT2D eigenvalue weighted by molar-refractivity contribution is 5.90. The molecule has 0 saturated carbocycles. The highest BCUT2D eigenvalue weighted by atomic mass is 16.1. The van der Waals surface area contributed by atoms with Gasteiger partial charge in [-0.05, 0) is 56.0 Å². The van der Waals surface area contributed by atoms with Gasteiger partial charge in [0.05, 0.1) is 0 Å². The number of amides is 1. The fourth-order valence-corrected chi connectivity index (χ4v) is 2.38. The molecule has 0 spiro atoms. The standard InChI is InChI=1S/C15H22N2O/c1-2-12-3-5-14(6-4-12)17-15(18)11-13-7-9-16-10-8-13/h3-6,13,16H,2,7-11H2,1H3,(H,17,18). The Bertz CT molecular complexity index is 380. The summed E-state index contributed by atoms with van der Waals surface area (Å²) in [5.41, 5.74) is 2.21. The second-order valence-electron chi connectivity index (χ2n) is 5.00. The first-order valence-corrected chi connectivity index (χ1v) is 6.87. The minimum atomic E-state index is 0.145. The highest BCUT2D eigenvalue weighted by Crippen LogP contribution is 2.17. The third-order valence-electron chi connectivity index (χ3n) is 3.58.